The number of aryl methyl sites for hydroxylation is 2. The zero-order valence-corrected chi connectivity index (χ0v) is 13.5. The van der Waals surface area contributed by atoms with Crippen LogP contribution < -0.4 is 10.1 Å². The summed E-state index contributed by atoms with van der Waals surface area (Å²) in [6, 6.07) is 9.70. The normalized spacial score (nSPS) is 10.7. The molecule has 1 aromatic heterocycles. The Morgan fingerprint density at radius 3 is 2.67 bits per heavy atom. The Hall–Kier alpha value is -1.58. The lowest BCUT2D eigenvalue weighted by Gasteiger charge is -2.12. The highest BCUT2D eigenvalue weighted by Crippen LogP contribution is 2.28. The van der Waals surface area contributed by atoms with Crippen LogP contribution in [0.1, 0.15) is 30.8 Å². The van der Waals surface area contributed by atoms with E-state index in [1.165, 1.54) is 0 Å². The first-order chi connectivity index (χ1) is 10.1. The van der Waals surface area contributed by atoms with Crippen LogP contribution in [-0.4, -0.2) is 11.5 Å². The van der Waals surface area contributed by atoms with Crippen LogP contribution in [-0.2, 0) is 13.0 Å². The molecule has 3 nitrogen and oxygen atoms in total. The summed E-state index contributed by atoms with van der Waals surface area (Å²) in [5.74, 6) is 1.53. The summed E-state index contributed by atoms with van der Waals surface area (Å²) in [6.07, 6.45) is 0.837. The molecule has 0 atom stereocenters. The van der Waals surface area contributed by atoms with Crippen molar-refractivity contribution in [3.8, 4) is 11.5 Å². The zero-order chi connectivity index (χ0) is 15.2. The van der Waals surface area contributed by atoms with Crippen molar-refractivity contribution in [1.29, 1.82) is 0 Å². The molecule has 2 aromatic rings. The average Bonchev–Trinajstić information content (AvgIpc) is 2.48. The predicted molar refractivity (Wildman–Crippen MR) is 87.3 cm³/mol. The highest BCUT2D eigenvalue weighted by Gasteiger charge is 2.07. The lowest BCUT2D eigenvalue weighted by Crippen LogP contribution is -2.11. The predicted octanol–water partition coefficient (Wildman–Crippen LogP) is 4.51. The van der Waals surface area contributed by atoms with E-state index < -0.39 is 0 Å². The zero-order valence-electron chi connectivity index (χ0n) is 12.7. The Labute approximate surface area is 131 Å². The van der Waals surface area contributed by atoms with Gasteiger partial charge < -0.3 is 10.1 Å². The molecule has 21 heavy (non-hydrogen) atoms. The maximum atomic E-state index is 6.29. The van der Waals surface area contributed by atoms with Gasteiger partial charge in [-0.25, -0.2) is 0 Å². The number of pyridine rings is 1. The number of nitrogens with one attached hydrogen (secondary N) is 1. The van der Waals surface area contributed by atoms with Crippen molar-refractivity contribution >= 4 is 11.6 Å². The van der Waals surface area contributed by atoms with Crippen LogP contribution in [0.2, 0.25) is 5.02 Å². The Bertz CT molecular complexity index is 614. The minimum Gasteiger partial charge on any atom is -0.455 e. The Balaban J connectivity index is 2.18. The molecule has 1 aromatic carbocycles. The second-order valence-electron chi connectivity index (χ2n) is 4.89. The van der Waals surface area contributed by atoms with Crippen molar-refractivity contribution in [2.45, 2.75) is 33.7 Å². The van der Waals surface area contributed by atoms with Crippen molar-refractivity contribution in [2.24, 2.45) is 0 Å². The molecule has 0 saturated heterocycles. The Morgan fingerprint density at radius 2 is 2.00 bits per heavy atom. The molecule has 0 unspecified atom stereocenters. The van der Waals surface area contributed by atoms with Crippen molar-refractivity contribution < 1.29 is 4.74 Å². The van der Waals surface area contributed by atoms with E-state index in [-0.39, 0.29) is 0 Å². The molecule has 0 saturated carbocycles. The summed E-state index contributed by atoms with van der Waals surface area (Å²) in [4.78, 5) is 4.50. The molecule has 1 N–H and O–H groups in total. The molecule has 0 bridgehead atoms. The minimum absolute atomic E-state index is 0.714. The summed E-state index contributed by atoms with van der Waals surface area (Å²) in [7, 11) is 0. The molecule has 0 spiro atoms. The molecule has 0 aliphatic carbocycles. The fourth-order valence-corrected chi connectivity index (χ4v) is 2.30. The summed E-state index contributed by atoms with van der Waals surface area (Å²) >= 11 is 6.29. The van der Waals surface area contributed by atoms with Gasteiger partial charge in [0.2, 0.25) is 0 Å². The largest absolute Gasteiger partial charge is 0.455 e. The van der Waals surface area contributed by atoms with Crippen molar-refractivity contribution in [2.75, 3.05) is 6.54 Å². The van der Waals surface area contributed by atoms with Crippen LogP contribution in [0.3, 0.4) is 0 Å². The number of benzene rings is 1. The SMILES string of the molecule is CCNCc1ccc(Oc2ccc(C)nc2CC)cc1Cl. The van der Waals surface area contributed by atoms with Gasteiger partial charge in [-0.3, -0.25) is 4.98 Å². The molecule has 0 aliphatic rings. The van der Waals surface area contributed by atoms with E-state index in [0.29, 0.717) is 5.02 Å². The van der Waals surface area contributed by atoms with Crippen LogP contribution in [0.5, 0.6) is 11.5 Å². The summed E-state index contributed by atoms with van der Waals surface area (Å²) in [6.45, 7) is 7.81. The lowest BCUT2D eigenvalue weighted by molar-refractivity contribution is 0.472. The van der Waals surface area contributed by atoms with Crippen LogP contribution in [0.15, 0.2) is 30.3 Å². The molecule has 0 aliphatic heterocycles. The van der Waals surface area contributed by atoms with Crippen molar-refractivity contribution in [3.05, 3.63) is 52.3 Å². The van der Waals surface area contributed by atoms with Gasteiger partial charge in [-0.05, 0) is 49.7 Å². The second-order valence-corrected chi connectivity index (χ2v) is 5.29. The van der Waals surface area contributed by atoms with Gasteiger partial charge in [0.05, 0.1) is 5.69 Å². The van der Waals surface area contributed by atoms with Gasteiger partial charge in [0.1, 0.15) is 11.5 Å². The Kier molecular flexibility index (Phi) is 5.59. The smallest absolute Gasteiger partial charge is 0.148 e. The van der Waals surface area contributed by atoms with Gasteiger partial charge in [0.25, 0.3) is 0 Å². The minimum atomic E-state index is 0.714. The second kappa shape index (κ2) is 7.43. The monoisotopic (exact) mass is 304 g/mol. The maximum absolute atomic E-state index is 6.29. The summed E-state index contributed by atoms with van der Waals surface area (Å²) < 4.78 is 5.93. The topological polar surface area (TPSA) is 34.1 Å². The highest BCUT2D eigenvalue weighted by molar-refractivity contribution is 6.31. The molecule has 4 heteroatoms. The first kappa shape index (κ1) is 15.8. The van der Waals surface area contributed by atoms with Crippen LogP contribution in [0, 0.1) is 6.92 Å². The van der Waals surface area contributed by atoms with E-state index in [1.807, 2.05) is 37.3 Å². The highest BCUT2D eigenvalue weighted by atomic mass is 35.5. The van der Waals surface area contributed by atoms with Gasteiger partial charge in [-0.2, -0.15) is 0 Å². The van der Waals surface area contributed by atoms with Gasteiger partial charge in [-0.15, -0.1) is 0 Å². The van der Waals surface area contributed by atoms with Gasteiger partial charge >= 0.3 is 0 Å². The number of nitrogens with zero attached hydrogens (tertiary/aromatic N) is 1. The third kappa shape index (κ3) is 4.19. The molecule has 0 fully saturated rings. The first-order valence-corrected chi connectivity index (χ1v) is 7.65. The van der Waals surface area contributed by atoms with Crippen LogP contribution in [0.4, 0.5) is 0 Å². The van der Waals surface area contributed by atoms with Crippen molar-refractivity contribution in [3.63, 3.8) is 0 Å². The average molecular weight is 305 g/mol. The fraction of sp³-hybridized carbons (Fsp3) is 0.353. The molecule has 0 amide bonds. The van der Waals surface area contributed by atoms with Crippen LogP contribution in [0.25, 0.3) is 0 Å². The van der Waals surface area contributed by atoms with E-state index in [1.54, 1.807) is 0 Å². The first-order valence-electron chi connectivity index (χ1n) is 7.27. The van der Waals surface area contributed by atoms with Gasteiger partial charge in [-0.1, -0.05) is 31.5 Å². The standard InChI is InChI=1S/C17H21ClN2O/c1-4-16-17(9-6-12(3)20-16)21-14-8-7-13(11-19-5-2)15(18)10-14/h6-10,19H,4-5,11H2,1-3H3. The fourth-order valence-electron chi connectivity index (χ4n) is 2.07. The van der Waals surface area contributed by atoms with E-state index in [4.69, 9.17) is 16.3 Å². The van der Waals surface area contributed by atoms with E-state index in [0.717, 1.165) is 48.0 Å². The number of hydrogen-bond donors (Lipinski definition) is 1. The quantitative estimate of drug-likeness (QED) is 0.852. The van der Waals surface area contributed by atoms with E-state index in [9.17, 15) is 0 Å². The molecular formula is C17H21ClN2O. The van der Waals surface area contributed by atoms with Crippen LogP contribution >= 0.6 is 11.6 Å². The number of hydrogen-bond acceptors (Lipinski definition) is 3. The maximum Gasteiger partial charge on any atom is 0.148 e. The summed E-state index contributed by atoms with van der Waals surface area (Å²) in [5, 5.41) is 3.98. The third-order valence-electron chi connectivity index (χ3n) is 3.22. The van der Waals surface area contributed by atoms with E-state index >= 15 is 0 Å². The number of halogens is 1. The molecule has 2 rings (SSSR count). The molecule has 0 radical (unpaired) electrons. The number of ether oxygens (including phenoxy) is 1. The summed E-state index contributed by atoms with van der Waals surface area (Å²) in [5.41, 5.74) is 3.03. The lowest BCUT2D eigenvalue weighted by atomic mass is 10.2. The van der Waals surface area contributed by atoms with Gasteiger partial charge in [0.15, 0.2) is 0 Å². The number of aromatic nitrogens is 1. The number of rotatable bonds is 6. The third-order valence-corrected chi connectivity index (χ3v) is 3.58. The van der Waals surface area contributed by atoms with Gasteiger partial charge in [0, 0.05) is 17.3 Å². The Morgan fingerprint density at radius 1 is 1.19 bits per heavy atom. The molecule has 1 heterocycles. The molecular weight excluding hydrogens is 284 g/mol. The molecule has 112 valence electrons. The van der Waals surface area contributed by atoms with E-state index in [2.05, 4.69) is 24.1 Å². The van der Waals surface area contributed by atoms with Crippen molar-refractivity contribution in [1.82, 2.24) is 10.3 Å².